The van der Waals surface area contributed by atoms with Crippen LogP contribution >= 0.6 is 0 Å². The molecule has 1 aliphatic carbocycles. The largest absolute Gasteiger partial charge is 0.426 e. The molecule has 3 rings (SSSR count). The van der Waals surface area contributed by atoms with E-state index >= 15 is 0 Å². The van der Waals surface area contributed by atoms with Gasteiger partial charge in [-0.2, -0.15) is 0 Å². The molecule has 2 unspecified atom stereocenters. The van der Waals surface area contributed by atoms with Crippen molar-refractivity contribution in [1.82, 2.24) is 9.47 Å². The molecule has 1 aliphatic heterocycles. The number of nitrogens with zero attached hydrogens (tertiary/aromatic N) is 2. The summed E-state index contributed by atoms with van der Waals surface area (Å²) in [5.74, 6) is 0. The van der Waals surface area contributed by atoms with Crippen LogP contribution in [0.4, 0.5) is 16.2 Å². The summed E-state index contributed by atoms with van der Waals surface area (Å²) in [4.78, 5) is 16.6. The molecule has 90 valence electrons. The Kier molecular flexibility index (Phi) is 2.23. The minimum absolute atomic E-state index is 0.129. The van der Waals surface area contributed by atoms with Crippen LogP contribution in [0, 0.1) is 0 Å². The quantitative estimate of drug-likeness (QED) is 0.814. The summed E-state index contributed by atoms with van der Waals surface area (Å²) in [6.07, 6.45) is 6.86. The van der Waals surface area contributed by atoms with E-state index in [-0.39, 0.29) is 6.03 Å². The monoisotopic (exact) mass is 232 g/mol. The molecule has 17 heavy (non-hydrogen) atoms. The number of urea groups is 1. The maximum atomic E-state index is 12.5. The van der Waals surface area contributed by atoms with Crippen LogP contribution in [0.1, 0.15) is 33.1 Å². The Labute approximate surface area is 101 Å². The third-order valence-corrected chi connectivity index (χ3v) is 4.18. The van der Waals surface area contributed by atoms with Crippen molar-refractivity contribution in [2.75, 3.05) is 5.32 Å². The molecule has 0 bridgehead atoms. The normalized spacial score (nSPS) is 28.7. The first kappa shape index (κ1) is 10.7. The van der Waals surface area contributed by atoms with E-state index in [1.54, 1.807) is 12.4 Å². The Bertz CT molecular complexity index is 469. The molecule has 4 nitrogen and oxygen atoms in total. The lowest BCUT2D eigenvalue weighted by Gasteiger charge is -2.35. The number of quaternary nitrogens is 1. The Morgan fingerprint density at radius 3 is 3.00 bits per heavy atom. The van der Waals surface area contributed by atoms with Crippen molar-refractivity contribution < 1.29 is 4.79 Å². The lowest BCUT2D eigenvalue weighted by molar-refractivity contribution is 0.192. The van der Waals surface area contributed by atoms with Gasteiger partial charge in [0, 0.05) is 25.1 Å². The van der Waals surface area contributed by atoms with Crippen LogP contribution < -0.4 is 9.80 Å². The van der Waals surface area contributed by atoms with E-state index in [4.69, 9.17) is 0 Å². The van der Waals surface area contributed by atoms with Crippen LogP contribution in [-0.4, -0.2) is 23.1 Å². The zero-order chi connectivity index (χ0) is 12.0. The SMILES string of the molecule is CCC(C)[N+]1(C2CC2)C(=O)Nc2cnccc21. The van der Waals surface area contributed by atoms with Gasteiger partial charge < -0.3 is 0 Å². The molecule has 2 aliphatic rings. The van der Waals surface area contributed by atoms with Crippen molar-refractivity contribution in [2.45, 2.75) is 45.2 Å². The van der Waals surface area contributed by atoms with Gasteiger partial charge in [-0.05, 0) is 13.3 Å². The second-order valence-corrected chi connectivity index (χ2v) is 5.09. The highest BCUT2D eigenvalue weighted by Crippen LogP contribution is 2.49. The number of fused-ring (bicyclic) bond motifs is 1. The van der Waals surface area contributed by atoms with Gasteiger partial charge >= 0.3 is 6.03 Å². The lowest BCUT2D eigenvalue weighted by Crippen LogP contribution is -2.60. The summed E-state index contributed by atoms with van der Waals surface area (Å²) < 4.78 is 0.494. The molecular formula is C13H18N3O+. The fourth-order valence-electron chi connectivity index (χ4n) is 3.05. The summed E-state index contributed by atoms with van der Waals surface area (Å²) >= 11 is 0. The zero-order valence-corrected chi connectivity index (χ0v) is 10.3. The average molecular weight is 232 g/mol. The Morgan fingerprint density at radius 1 is 1.59 bits per heavy atom. The van der Waals surface area contributed by atoms with E-state index in [2.05, 4.69) is 24.1 Å². The van der Waals surface area contributed by atoms with Crippen molar-refractivity contribution in [3.05, 3.63) is 18.5 Å². The lowest BCUT2D eigenvalue weighted by atomic mass is 10.1. The third kappa shape index (κ3) is 1.27. The van der Waals surface area contributed by atoms with Crippen LogP contribution in [0.15, 0.2) is 18.5 Å². The summed E-state index contributed by atoms with van der Waals surface area (Å²) in [6, 6.07) is 2.92. The number of aromatic nitrogens is 1. The molecule has 1 fully saturated rings. The maximum Gasteiger partial charge on any atom is 0.426 e. The molecule has 2 amide bonds. The summed E-state index contributed by atoms with van der Waals surface area (Å²) in [7, 11) is 0. The van der Waals surface area contributed by atoms with Crippen LogP contribution in [0.3, 0.4) is 0 Å². The van der Waals surface area contributed by atoms with Gasteiger partial charge in [0.15, 0.2) is 5.69 Å². The van der Waals surface area contributed by atoms with Gasteiger partial charge in [0.1, 0.15) is 11.7 Å². The fourth-order valence-corrected chi connectivity index (χ4v) is 3.05. The molecule has 4 heteroatoms. The van der Waals surface area contributed by atoms with E-state index in [9.17, 15) is 4.79 Å². The van der Waals surface area contributed by atoms with Gasteiger partial charge in [0.25, 0.3) is 0 Å². The predicted molar refractivity (Wildman–Crippen MR) is 67.8 cm³/mol. The highest BCUT2D eigenvalue weighted by Gasteiger charge is 2.59. The zero-order valence-electron chi connectivity index (χ0n) is 10.3. The smallest absolute Gasteiger partial charge is 0.268 e. The van der Waals surface area contributed by atoms with Gasteiger partial charge in [-0.25, -0.2) is 9.28 Å². The van der Waals surface area contributed by atoms with E-state index in [0.29, 0.717) is 16.6 Å². The third-order valence-electron chi connectivity index (χ3n) is 4.18. The highest BCUT2D eigenvalue weighted by molar-refractivity contribution is 6.08. The number of amides is 2. The minimum atomic E-state index is 0.129. The van der Waals surface area contributed by atoms with E-state index < -0.39 is 0 Å². The molecule has 1 N–H and O–H groups in total. The molecule has 0 radical (unpaired) electrons. The second kappa shape index (κ2) is 3.53. The topological polar surface area (TPSA) is 42.0 Å². The van der Waals surface area contributed by atoms with Gasteiger partial charge in [-0.1, -0.05) is 6.92 Å². The number of pyridine rings is 1. The first-order chi connectivity index (χ1) is 8.21. The van der Waals surface area contributed by atoms with Crippen LogP contribution in [0.2, 0.25) is 0 Å². The number of nitrogens with one attached hydrogen (secondary N) is 1. The first-order valence-electron chi connectivity index (χ1n) is 6.35. The molecule has 1 saturated carbocycles. The Hall–Kier alpha value is -1.42. The number of carbonyl (C=O) groups excluding carboxylic acids is 1. The van der Waals surface area contributed by atoms with Crippen molar-refractivity contribution in [1.29, 1.82) is 0 Å². The summed E-state index contributed by atoms with van der Waals surface area (Å²) in [5.41, 5.74) is 2.01. The fraction of sp³-hybridized carbons (Fsp3) is 0.538. The van der Waals surface area contributed by atoms with Crippen molar-refractivity contribution in [3.63, 3.8) is 0 Å². The molecule has 1 aromatic rings. The number of hydrogen-bond donors (Lipinski definition) is 1. The van der Waals surface area contributed by atoms with Gasteiger partial charge in [0.2, 0.25) is 0 Å². The van der Waals surface area contributed by atoms with E-state index in [0.717, 1.165) is 30.6 Å². The standard InChI is InChI=1S/C13H17N3O/c1-3-9(2)16(10-4-5-10)12-6-7-14-8-11(12)15-13(16)17/h6-10H,3-5H2,1-2H3/p+1. The van der Waals surface area contributed by atoms with Crippen molar-refractivity contribution >= 4 is 17.4 Å². The first-order valence-corrected chi connectivity index (χ1v) is 6.35. The van der Waals surface area contributed by atoms with Gasteiger partial charge in [-0.3, -0.25) is 10.3 Å². The predicted octanol–water partition coefficient (Wildman–Crippen LogP) is 2.90. The van der Waals surface area contributed by atoms with Gasteiger partial charge in [0.05, 0.1) is 12.2 Å². The molecule has 0 spiro atoms. The highest BCUT2D eigenvalue weighted by atomic mass is 16.2. The molecule has 1 aromatic heterocycles. The number of anilines is 1. The molecule has 0 saturated heterocycles. The number of hydrogen-bond acceptors (Lipinski definition) is 2. The Balaban J connectivity index is 2.18. The molecular weight excluding hydrogens is 214 g/mol. The second-order valence-electron chi connectivity index (χ2n) is 5.09. The van der Waals surface area contributed by atoms with Gasteiger partial charge in [-0.15, -0.1) is 0 Å². The van der Waals surface area contributed by atoms with Crippen LogP contribution in [0.5, 0.6) is 0 Å². The number of rotatable bonds is 3. The van der Waals surface area contributed by atoms with E-state index in [1.165, 1.54) is 0 Å². The average Bonchev–Trinajstić information content (AvgIpc) is 3.13. The molecule has 2 atom stereocenters. The summed E-state index contributed by atoms with van der Waals surface area (Å²) in [5, 5.41) is 3.00. The van der Waals surface area contributed by atoms with Crippen molar-refractivity contribution in [3.8, 4) is 0 Å². The van der Waals surface area contributed by atoms with Crippen molar-refractivity contribution in [2.24, 2.45) is 0 Å². The minimum Gasteiger partial charge on any atom is -0.268 e. The summed E-state index contributed by atoms with van der Waals surface area (Å²) in [6.45, 7) is 4.33. The Morgan fingerprint density at radius 2 is 2.35 bits per heavy atom. The maximum absolute atomic E-state index is 12.5. The van der Waals surface area contributed by atoms with E-state index in [1.807, 2.05) is 6.07 Å². The molecule has 2 heterocycles. The van der Waals surface area contributed by atoms with Crippen LogP contribution in [0.25, 0.3) is 0 Å². The molecule has 0 aromatic carbocycles. The number of carbonyl (C=O) groups is 1. The van der Waals surface area contributed by atoms with Crippen LogP contribution in [-0.2, 0) is 0 Å².